The van der Waals surface area contributed by atoms with Gasteiger partial charge in [0.15, 0.2) is 0 Å². The number of phenols is 1. The number of benzene rings is 1. The molecule has 1 saturated heterocycles. The van der Waals surface area contributed by atoms with Gasteiger partial charge in [0.05, 0.1) is 0 Å². The Labute approximate surface area is 133 Å². The van der Waals surface area contributed by atoms with Crippen molar-refractivity contribution in [2.75, 3.05) is 26.7 Å². The first-order valence-electron chi connectivity index (χ1n) is 8.40. The molecule has 122 valence electrons. The Balaban J connectivity index is 1.77. The normalized spacial score (nSPS) is 16.8. The zero-order valence-corrected chi connectivity index (χ0v) is 13.6. The van der Waals surface area contributed by atoms with Crippen molar-refractivity contribution in [3.05, 3.63) is 29.8 Å². The van der Waals surface area contributed by atoms with E-state index in [1.165, 1.54) is 32.1 Å². The first-order valence-corrected chi connectivity index (χ1v) is 8.40. The first kappa shape index (κ1) is 16.8. The fourth-order valence-electron chi connectivity index (χ4n) is 2.97. The number of likely N-dealkylation sites (tertiary alicyclic amines) is 1. The third-order valence-corrected chi connectivity index (χ3v) is 4.42. The summed E-state index contributed by atoms with van der Waals surface area (Å²) in [5.74, 6) is 0.399. The molecule has 0 radical (unpaired) electrons. The van der Waals surface area contributed by atoms with Crippen molar-refractivity contribution < 1.29 is 9.90 Å². The van der Waals surface area contributed by atoms with Crippen LogP contribution in [0.1, 0.15) is 44.1 Å². The van der Waals surface area contributed by atoms with Gasteiger partial charge in [0.1, 0.15) is 5.75 Å². The van der Waals surface area contributed by atoms with Crippen LogP contribution in [0.25, 0.3) is 0 Å². The molecule has 0 bridgehead atoms. The summed E-state index contributed by atoms with van der Waals surface area (Å²) in [6, 6.07) is 7.20. The Morgan fingerprint density at radius 3 is 2.45 bits per heavy atom. The van der Waals surface area contributed by atoms with Crippen LogP contribution < -0.4 is 0 Å². The lowest BCUT2D eigenvalue weighted by atomic mass is 10.1. The summed E-state index contributed by atoms with van der Waals surface area (Å²) in [5, 5.41) is 9.79. The Morgan fingerprint density at radius 2 is 1.77 bits per heavy atom. The van der Waals surface area contributed by atoms with E-state index in [0.29, 0.717) is 13.0 Å². The lowest BCUT2D eigenvalue weighted by Crippen LogP contribution is -2.33. The molecule has 1 aromatic carbocycles. The number of hydrogen-bond acceptors (Lipinski definition) is 3. The molecule has 4 heteroatoms. The van der Waals surface area contributed by atoms with Crippen LogP contribution in [0.2, 0.25) is 0 Å². The lowest BCUT2D eigenvalue weighted by Gasteiger charge is -2.25. The summed E-state index contributed by atoms with van der Waals surface area (Å²) < 4.78 is 0. The van der Waals surface area contributed by atoms with E-state index < -0.39 is 0 Å². The number of amides is 1. The van der Waals surface area contributed by atoms with Crippen molar-refractivity contribution in [3.63, 3.8) is 0 Å². The van der Waals surface area contributed by atoms with Crippen molar-refractivity contribution in [2.45, 2.75) is 45.1 Å². The predicted molar refractivity (Wildman–Crippen MR) is 88.7 cm³/mol. The second-order valence-electron chi connectivity index (χ2n) is 6.24. The average molecular weight is 304 g/mol. The number of aromatic hydroxyl groups is 1. The Hall–Kier alpha value is -1.55. The molecular weight excluding hydrogens is 276 g/mol. The van der Waals surface area contributed by atoms with Crippen LogP contribution in [0.5, 0.6) is 5.75 Å². The highest BCUT2D eigenvalue weighted by Crippen LogP contribution is 2.17. The molecule has 1 N–H and O–H groups in total. The van der Waals surface area contributed by atoms with Gasteiger partial charge in [-0.05, 0) is 32.0 Å². The van der Waals surface area contributed by atoms with Crippen LogP contribution in [-0.2, 0) is 11.3 Å². The molecule has 0 saturated carbocycles. The van der Waals surface area contributed by atoms with E-state index in [2.05, 4.69) is 4.90 Å². The van der Waals surface area contributed by atoms with Crippen molar-refractivity contribution in [3.8, 4) is 5.75 Å². The van der Waals surface area contributed by atoms with Gasteiger partial charge in [-0.3, -0.25) is 4.79 Å². The molecule has 22 heavy (non-hydrogen) atoms. The summed E-state index contributed by atoms with van der Waals surface area (Å²) in [4.78, 5) is 16.4. The van der Waals surface area contributed by atoms with Gasteiger partial charge in [-0.2, -0.15) is 0 Å². The van der Waals surface area contributed by atoms with E-state index in [4.69, 9.17) is 0 Å². The molecule has 1 heterocycles. The van der Waals surface area contributed by atoms with Crippen molar-refractivity contribution in [1.82, 2.24) is 9.80 Å². The quantitative estimate of drug-likeness (QED) is 0.909. The smallest absolute Gasteiger partial charge is 0.223 e. The maximum atomic E-state index is 12.3. The molecule has 1 aliphatic heterocycles. The topological polar surface area (TPSA) is 43.8 Å². The van der Waals surface area contributed by atoms with E-state index in [1.807, 2.05) is 19.2 Å². The molecule has 1 fully saturated rings. The van der Waals surface area contributed by atoms with E-state index in [0.717, 1.165) is 25.2 Å². The molecular formula is C18H28N2O2. The maximum Gasteiger partial charge on any atom is 0.223 e. The lowest BCUT2D eigenvalue weighted by molar-refractivity contribution is -0.130. The number of carbonyl (C=O) groups is 1. The number of rotatable bonds is 5. The van der Waals surface area contributed by atoms with Gasteiger partial charge in [-0.1, -0.05) is 37.5 Å². The minimum atomic E-state index is 0.144. The zero-order chi connectivity index (χ0) is 15.8. The Kier molecular flexibility index (Phi) is 6.72. The van der Waals surface area contributed by atoms with Gasteiger partial charge in [0, 0.05) is 32.1 Å². The van der Waals surface area contributed by atoms with Gasteiger partial charge in [-0.25, -0.2) is 0 Å². The second-order valence-corrected chi connectivity index (χ2v) is 6.24. The first-order chi connectivity index (χ1) is 10.7. The molecule has 0 atom stereocenters. The maximum absolute atomic E-state index is 12.3. The van der Waals surface area contributed by atoms with Crippen LogP contribution in [0.3, 0.4) is 0 Å². The van der Waals surface area contributed by atoms with Gasteiger partial charge in [0.25, 0.3) is 0 Å². The Bertz CT molecular complexity index is 468. The standard InChI is InChI=1S/C18H28N2O2/c1-19(15-16-9-5-6-10-17(16)21)18(22)11-14-20-12-7-3-2-4-8-13-20/h5-6,9-10,21H,2-4,7-8,11-15H2,1H3. The van der Waals surface area contributed by atoms with Crippen LogP contribution >= 0.6 is 0 Å². The molecule has 0 aromatic heterocycles. The second kappa shape index (κ2) is 8.79. The largest absolute Gasteiger partial charge is 0.508 e. The third-order valence-electron chi connectivity index (χ3n) is 4.42. The summed E-state index contributed by atoms with van der Waals surface area (Å²) in [6.45, 7) is 3.56. The minimum absolute atomic E-state index is 0.144. The highest BCUT2D eigenvalue weighted by molar-refractivity contribution is 5.76. The van der Waals surface area contributed by atoms with E-state index in [-0.39, 0.29) is 11.7 Å². The van der Waals surface area contributed by atoms with Crippen molar-refractivity contribution >= 4 is 5.91 Å². The number of hydrogen-bond donors (Lipinski definition) is 1. The van der Waals surface area contributed by atoms with Gasteiger partial charge < -0.3 is 14.9 Å². The van der Waals surface area contributed by atoms with E-state index in [9.17, 15) is 9.90 Å². The van der Waals surface area contributed by atoms with Crippen molar-refractivity contribution in [2.24, 2.45) is 0 Å². The number of carbonyl (C=O) groups excluding carboxylic acids is 1. The van der Waals surface area contributed by atoms with Crippen LogP contribution in [0.15, 0.2) is 24.3 Å². The molecule has 1 amide bonds. The average Bonchev–Trinajstić information content (AvgIpc) is 2.48. The zero-order valence-electron chi connectivity index (χ0n) is 13.6. The molecule has 0 aliphatic carbocycles. The predicted octanol–water partition coefficient (Wildman–Crippen LogP) is 3.01. The Morgan fingerprint density at radius 1 is 1.14 bits per heavy atom. The van der Waals surface area contributed by atoms with Gasteiger partial charge >= 0.3 is 0 Å². The SMILES string of the molecule is CN(Cc1ccccc1O)C(=O)CCN1CCCCCCC1. The molecule has 1 aromatic rings. The van der Waals surface area contributed by atoms with E-state index in [1.54, 1.807) is 17.0 Å². The third kappa shape index (κ3) is 5.34. The van der Waals surface area contributed by atoms with Gasteiger partial charge in [0.2, 0.25) is 5.91 Å². The van der Waals surface area contributed by atoms with E-state index >= 15 is 0 Å². The summed E-state index contributed by atoms with van der Waals surface area (Å²) in [6.07, 6.45) is 7.05. The molecule has 0 spiro atoms. The summed E-state index contributed by atoms with van der Waals surface area (Å²) in [7, 11) is 1.81. The monoisotopic (exact) mass is 304 g/mol. The van der Waals surface area contributed by atoms with Crippen LogP contribution in [-0.4, -0.2) is 47.5 Å². The summed E-state index contributed by atoms with van der Waals surface area (Å²) in [5.41, 5.74) is 0.796. The number of para-hydroxylation sites is 1. The minimum Gasteiger partial charge on any atom is -0.508 e. The summed E-state index contributed by atoms with van der Waals surface area (Å²) >= 11 is 0. The number of phenolic OH excluding ortho intramolecular Hbond substituents is 1. The highest BCUT2D eigenvalue weighted by Gasteiger charge is 2.14. The molecule has 1 aliphatic rings. The number of nitrogens with zero attached hydrogens (tertiary/aromatic N) is 2. The van der Waals surface area contributed by atoms with Crippen LogP contribution in [0.4, 0.5) is 0 Å². The fourth-order valence-corrected chi connectivity index (χ4v) is 2.97. The van der Waals surface area contributed by atoms with Crippen molar-refractivity contribution in [1.29, 1.82) is 0 Å². The van der Waals surface area contributed by atoms with Crippen LogP contribution in [0, 0.1) is 0 Å². The molecule has 4 nitrogen and oxygen atoms in total. The fraction of sp³-hybridized carbons (Fsp3) is 0.611. The molecule has 2 rings (SSSR count). The highest BCUT2D eigenvalue weighted by atomic mass is 16.3. The molecule has 0 unspecified atom stereocenters. The van der Waals surface area contributed by atoms with Gasteiger partial charge in [-0.15, -0.1) is 0 Å².